The SMILES string of the molecule is NCc1ccc2c(c1)CCCN2Cc1ccc2c(c1)C(=O)N(C1CCC(=O)NC1=O)C2=O. The van der Waals surface area contributed by atoms with Crippen LogP contribution in [0, 0.1) is 0 Å². The van der Waals surface area contributed by atoms with Gasteiger partial charge in [0.2, 0.25) is 11.8 Å². The van der Waals surface area contributed by atoms with Crippen LogP contribution in [0.15, 0.2) is 36.4 Å². The van der Waals surface area contributed by atoms with E-state index >= 15 is 0 Å². The van der Waals surface area contributed by atoms with Gasteiger partial charge < -0.3 is 10.6 Å². The molecule has 4 amide bonds. The monoisotopic (exact) mass is 432 g/mol. The predicted octanol–water partition coefficient (Wildman–Crippen LogP) is 1.50. The average molecular weight is 432 g/mol. The van der Waals surface area contributed by atoms with Gasteiger partial charge in [-0.1, -0.05) is 18.2 Å². The van der Waals surface area contributed by atoms with Crippen LogP contribution in [0.25, 0.3) is 0 Å². The number of imide groups is 2. The highest BCUT2D eigenvalue weighted by atomic mass is 16.2. The Morgan fingerprint density at radius 2 is 1.72 bits per heavy atom. The van der Waals surface area contributed by atoms with Crippen molar-refractivity contribution in [2.45, 2.75) is 44.8 Å². The van der Waals surface area contributed by atoms with Gasteiger partial charge >= 0.3 is 0 Å². The first-order valence-corrected chi connectivity index (χ1v) is 10.9. The highest BCUT2D eigenvalue weighted by molar-refractivity contribution is 6.23. The van der Waals surface area contributed by atoms with Crippen LogP contribution in [0.3, 0.4) is 0 Å². The number of rotatable bonds is 4. The molecule has 8 nitrogen and oxygen atoms in total. The maximum absolute atomic E-state index is 13.1. The molecule has 0 aliphatic carbocycles. The van der Waals surface area contributed by atoms with E-state index in [0.717, 1.165) is 35.4 Å². The summed E-state index contributed by atoms with van der Waals surface area (Å²) >= 11 is 0. The number of nitrogens with two attached hydrogens (primary N) is 1. The minimum atomic E-state index is -0.950. The topological polar surface area (TPSA) is 113 Å². The van der Waals surface area contributed by atoms with E-state index in [2.05, 4.69) is 22.3 Å². The molecule has 164 valence electrons. The Morgan fingerprint density at radius 3 is 2.50 bits per heavy atom. The second-order valence-corrected chi connectivity index (χ2v) is 8.52. The molecule has 0 saturated carbocycles. The molecule has 0 spiro atoms. The van der Waals surface area contributed by atoms with Crippen molar-refractivity contribution in [3.8, 4) is 0 Å². The third kappa shape index (κ3) is 3.36. The summed E-state index contributed by atoms with van der Waals surface area (Å²) in [5.41, 5.74) is 10.9. The molecular weight excluding hydrogens is 408 g/mol. The summed E-state index contributed by atoms with van der Waals surface area (Å²) in [7, 11) is 0. The molecule has 3 heterocycles. The molecule has 3 aliphatic heterocycles. The van der Waals surface area contributed by atoms with Gasteiger partial charge in [-0.3, -0.25) is 29.4 Å². The fourth-order valence-corrected chi connectivity index (χ4v) is 4.86. The molecular formula is C24H24N4O4. The summed E-state index contributed by atoms with van der Waals surface area (Å²) < 4.78 is 0. The minimum absolute atomic E-state index is 0.106. The molecule has 0 bridgehead atoms. The van der Waals surface area contributed by atoms with Crippen LogP contribution in [-0.2, 0) is 29.1 Å². The van der Waals surface area contributed by atoms with Gasteiger partial charge in [-0.2, -0.15) is 0 Å². The number of aryl methyl sites for hydroxylation is 1. The second-order valence-electron chi connectivity index (χ2n) is 8.52. The largest absolute Gasteiger partial charge is 0.367 e. The number of amides is 4. The first-order chi connectivity index (χ1) is 15.5. The average Bonchev–Trinajstić information content (AvgIpc) is 3.03. The molecule has 3 N–H and O–H groups in total. The van der Waals surface area contributed by atoms with Crippen molar-refractivity contribution in [1.82, 2.24) is 10.2 Å². The Morgan fingerprint density at radius 1 is 0.938 bits per heavy atom. The first kappa shape index (κ1) is 20.4. The van der Waals surface area contributed by atoms with Crippen LogP contribution < -0.4 is 16.0 Å². The maximum atomic E-state index is 13.1. The lowest BCUT2D eigenvalue weighted by molar-refractivity contribution is -0.136. The lowest BCUT2D eigenvalue weighted by atomic mass is 9.98. The number of benzene rings is 2. The number of hydrogen-bond donors (Lipinski definition) is 2. The van der Waals surface area contributed by atoms with E-state index < -0.39 is 23.8 Å². The summed E-state index contributed by atoms with van der Waals surface area (Å²) in [6.45, 7) is 2.03. The molecule has 3 aliphatic rings. The van der Waals surface area contributed by atoms with Crippen LogP contribution in [-0.4, -0.2) is 41.1 Å². The van der Waals surface area contributed by atoms with Crippen LogP contribution in [0.5, 0.6) is 0 Å². The van der Waals surface area contributed by atoms with Gasteiger partial charge in [-0.15, -0.1) is 0 Å². The number of carbonyl (C=O) groups excluding carboxylic acids is 4. The van der Waals surface area contributed by atoms with Crippen molar-refractivity contribution in [2.75, 3.05) is 11.4 Å². The van der Waals surface area contributed by atoms with Gasteiger partial charge in [0.05, 0.1) is 11.1 Å². The van der Waals surface area contributed by atoms with E-state index in [1.54, 1.807) is 12.1 Å². The lowest BCUT2D eigenvalue weighted by Gasteiger charge is -2.32. The van der Waals surface area contributed by atoms with Crippen LogP contribution in [0.2, 0.25) is 0 Å². The molecule has 2 aromatic rings. The van der Waals surface area contributed by atoms with Crippen molar-refractivity contribution in [3.05, 3.63) is 64.2 Å². The molecule has 32 heavy (non-hydrogen) atoms. The fourth-order valence-electron chi connectivity index (χ4n) is 4.86. The van der Waals surface area contributed by atoms with E-state index in [4.69, 9.17) is 5.73 Å². The number of fused-ring (bicyclic) bond motifs is 2. The second kappa shape index (κ2) is 7.87. The van der Waals surface area contributed by atoms with E-state index in [1.165, 1.54) is 11.3 Å². The number of nitrogens with zero attached hydrogens (tertiary/aromatic N) is 2. The highest BCUT2D eigenvalue weighted by Gasteiger charge is 2.44. The summed E-state index contributed by atoms with van der Waals surface area (Å²) in [6, 6.07) is 10.6. The van der Waals surface area contributed by atoms with E-state index in [1.807, 2.05) is 12.1 Å². The van der Waals surface area contributed by atoms with Crippen LogP contribution in [0.1, 0.15) is 56.7 Å². The standard InChI is InChI=1S/C24H24N4O4/c25-12-14-4-6-19-16(10-14)2-1-9-27(19)13-15-3-5-17-18(11-15)24(32)28(23(17)31)20-7-8-21(29)26-22(20)30/h3-6,10-11,20H,1-2,7-9,12-13,25H2,(H,26,29,30). The van der Waals surface area contributed by atoms with Crippen molar-refractivity contribution >= 4 is 29.3 Å². The van der Waals surface area contributed by atoms with Gasteiger partial charge in [0.1, 0.15) is 6.04 Å². The normalized spacial score (nSPS) is 20.3. The minimum Gasteiger partial charge on any atom is -0.367 e. The zero-order valence-corrected chi connectivity index (χ0v) is 17.6. The molecule has 1 unspecified atom stereocenters. The van der Waals surface area contributed by atoms with E-state index in [9.17, 15) is 19.2 Å². The number of anilines is 1. The Labute approximate surface area is 185 Å². The third-order valence-corrected chi connectivity index (χ3v) is 6.47. The van der Waals surface area contributed by atoms with Crippen molar-refractivity contribution in [3.63, 3.8) is 0 Å². The molecule has 8 heteroatoms. The quantitative estimate of drug-likeness (QED) is 0.708. The van der Waals surface area contributed by atoms with Crippen molar-refractivity contribution < 1.29 is 19.2 Å². The summed E-state index contributed by atoms with van der Waals surface area (Å²) in [5.74, 6) is -1.94. The molecule has 1 fully saturated rings. The molecule has 0 aromatic heterocycles. The zero-order chi connectivity index (χ0) is 22.4. The molecule has 2 aromatic carbocycles. The summed E-state index contributed by atoms with van der Waals surface area (Å²) in [5, 5.41) is 2.22. The van der Waals surface area contributed by atoms with E-state index in [-0.39, 0.29) is 18.7 Å². The van der Waals surface area contributed by atoms with Gasteiger partial charge in [-0.25, -0.2) is 0 Å². The van der Waals surface area contributed by atoms with Gasteiger partial charge in [0, 0.05) is 31.7 Å². The summed E-state index contributed by atoms with van der Waals surface area (Å²) in [4.78, 5) is 52.9. The Balaban J connectivity index is 1.39. The smallest absolute Gasteiger partial charge is 0.262 e. The number of hydrogen-bond acceptors (Lipinski definition) is 6. The fraction of sp³-hybridized carbons (Fsp3) is 0.333. The predicted molar refractivity (Wildman–Crippen MR) is 117 cm³/mol. The molecule has 1 saturated heterocycles. The Bertz CT molecular complexity index is 1160. The third-order valence-electron chi connectivity index (χ3n) is 6.47. The van der Waals surface area contributed by atoms with Crippen molar-refractivity contribution in [1.29, 1.82) is 0 Å². The van der Waals surface area contributed by atoms with Crippen LogP contribution in [0.4, 0.5) is 5.69 Å². The Hall–Kier alpha value is -3.52. The maximum Gasteiger partial charge on any atom is 0.262 e. The first-order valence-electron chi connectivity index (χ1n) is 10.9. The zero-order valence-electron chi connectivity index (χ0n) is 17.6. The Kier molecular flexibility index (Phi) is 5.01. The molecule has 5 rings (SSSR count). The number of carbonyl (C=O) groups is 4. The van der Waals surface area contributed by atoms with Crippen LogP contribution >= 0.6 is 0 Å². The van der Waals surface area contributed by atoms with Crippen molar-refractivity contribution in [2.24, 2.45) is 5.73 Å². The molecule has 0 radical (unpaired) electrons. The van der Waals surface area contributed by atoms with Gasteiger partial charge in [0.15, 0.2) is 0 Å². The van der Waals surface area contributed by atoms with Gasteiger partial charge in [0.25, 0.3) is 11.8 Å². The molecule has 1 atom stereocenters. The number of piperidine rings is 1. The lowest BCUT2D eigenvalue weighted by Crippen LogP contribution is -2.54. The summed E-state index contributed by atoms with van der Waals surface area (Å²) in [6.07, 6.45) is 2.30. The number of nitrogens with one attached hydrogen (secondary N) is 1. The van der Waals surface area contributed by atoms with E-state index in [0.29, 0.717) is 24.2 Å². The van der Waals surface area contributed by atoms with Gasteiger partial charge in [-0.05, 0) is 54.2 Å². The highest BCUT2D eigenvalue weighted by Crippen LogP contribution is 2.32.